The van der Waals surface area contributed by atoms with Gasteiger partial charge in [-0.25, -0.2) is 0 Å². The summed E-state index contributed by atoms with van der Waals surface area (Å²) in [7, 11) is 0. The number of rotatable bonds is 1. The van der Waals surface area contributed by atoms with E-state index in [4.69, 9.17) is 5.11 Å². The van der Waals surface area contributed by atoms with Gasteiger partial charge in [0, 0.05) is 6.54 Å². The van der Waals surface area contributed by atoms with Crippen LogP contribution in [0.15, 0.2) is 0 Å². The van der Waals surface area contributed by atoms with Crippen molar-refractivity contribution in [2.75, 3.05) is 6.54 Å². The molecule has 1 fully saturated rings. The van der Waals surface area contributed by atoms with E-state index >= 15 is 0 Å². The van der Waals surface area contributed by atoms with Crippen LogP contribution in [0.5, 0.6) is 0 Å². The highest BCUT2D eigenvalue weighted by Gasteiger charge is 2.31. The fraction of sp³-hybridized carbons (Fsp3) is 0.800. The number of carboxylic acids is 1. The summed E-state index contributed by atoms with van der Waals surface area (Å²) in [6.45, 7) is 2.77. The molecule has 0 aromatic carbocycles. The average Bonchev–Trinajstić information content (AvgIpc) is 1.61. The van der Waals surface area contributed by atoms with Crippen molar-refractivity contribution < 1.29 is 9.90 Å². The maximum atomic E-state index is 10.1. The van der Waals surface area contributed by atoms with Gasteiger partial charge in [-0.3, -0.25) is 4.79 Å². The molecule has 0 bridgehead atoms. The fourth-order valence-corrected chi connectivity index (χ4v) is 0.802. The van der Waals surface area contributed by atoms with E-state index in [1.165, 1.54) is 0 Å². The molecule has 0 aromatic heterocycles. The number of nitrogens with one attached hydrogen (secondary N) is 1. The Morgan fingerprint density at radius 1 is 1.88 bits per heavy atom. The minimum absolute atomic E-state index is 0.282. The molecule has 1 aliphatic heterocycles. The molecular weight excluding hydrogens is 106 g/mol. The Kier molecular flexibility index (Phi) is 1.21. The van der Waals surface area contributed by atoms with Gasteiger partial charge >= 0.3 is 5.97 Å². The number of carboxylic acid groups (broad SMARTS) is 1. The summed E-state index contributed by atoms with van der Waals surface area (Å²) >= 11 is 0. The van der Waals surface area contributed by atoms with Gasteiger partial charge in [0.1, 0.15) is 6.04 Å². The number of aliphatic carboxylic acids is 1. The minimum atomic E-state index is -0.733. The molecule has 1 heterocycles. The first kappa shape index (κ1) is 5.56. The second-order valence-corrected chi connectivity index (χ2v) is 2.20. The Bertz CT molecular complexity index is 113. The van der Waals surface area contributed by atoms with Crippen molar-refractivity contribution >= 4 is 5.97 Å². The largest absolute Gasteiger partial charge is 0.480 e. The van der Waals surface area contributed by atoms with Crippen molar-refractivity contribution in [3.05, 3.63) is 0 Å². The zero-order chi connectivity index (χ0) is 6.15. The van der Waals surface area contributed by atoms with Gasteiger partial charge in [-0.1, -0.05) is 6.92 Å². The summed E-state index contributed by atoms with van der Waals surface area (Å²) in [6, 6.07) is -0.282. The molecule has 2 N–H and O–H groups in total. The van der Waals surface area contributed by atoms with Gasteiger partial charge < -0.3 is 10.4 Å². The second-order valence-electron chi connectivity index (χ2n) is 2.20. The molecule has 1 saturated heterocycles. The van der Waals surface area contributed by atoms with E-state index in [-0.39, 0.29) is 6.04 Å². The SMILES string of the molecule is C[C@@H]1CN[C@H]1C(=O)O. The highest BCUT2D eigenvalue weighted by atomic mass is 16.4. The third-order valence-corrected chi connectivity index (χ3v) is 1.49. The minimum Gasteiger partial charge on any atom is -0.480 e. The lowest BCUT2D eigenvalue weighted by Gasteiger charge is -2.31. The van der Waals surface area contributed by atoms with Crippen LogP contribution in [-0.4, -0.2) is 23.7 Å². The summed E-state index contributed by atoms with van der Waals surface area (Å²) in [6.07, 6.45) is 0. The van der Waals surface area contributed by atoms with E-state index in [9.17, 15) is 4.79 Å². The Hall–Kier alpha value is -0.570. The first-order valence-electron chi connectivity index (χ1n) is 2.68. The van der Waals surface area contributed by atoms with E-state index < -0.39 is 5.97 Å². The summed E-state index contributed by atoms with van der Waals surface area (Å²) in [5.74, 6) is -0.420. The van der Waals surface area contributed by atoms with E-state index in [2.05, 4.69) is 5.32 Å². The number of hydrogen-bond donors (Lipinski definition) is 2. The normalized spacial score (nSPS) is 36.1. The fourth-order valence-electron chi connectivity index (χ4n) is 0.802. The smallest absolute Gasteiger partial charge is 0.321 e. The molecule has 0 aliphatic carbocycles. The lowest BCUT2D eigenvalue weighted by molar-refractivity contribution is -0.143. The molecular formula is C5H9NO2. The Balaban J connectivity index is 2.37. The van der Waals surface area contributed by atoms with Crippen LogP contribution >= 0.6 is 0 Å². The van der Waals surface area contributed by atoms with Gasteiger partial charge in [0.15, 0.2) is 0 Å². The quantitative estimate of drug-likeness (QED) is 0.492. The predicted octanol–water partition coefficient (Wildman–Crippen LogP) is -0.321. The molecule has 46 valence electrons. The zero-order valence-corrected chi connectivity index (χ0v) is 4.72. The van der Waals surface area contributed by atoms with E-state index in [1.807, 2.05) is 6.92 Å². The molecule has 0 radical (unpaired) electrons. The Morgan fingerprint density at radius 3 is 2.50 bits per heavy atom. The molecule has 0 spiro atoms. The molecule has 0 aromatic rings. The van der Waals surface area contributed by atoms with Gasteiger partial charge in [-0.15, -0.1) is 0 Å². The van der Waals surface area contributed by atoms with Crippen molar-refractivity contribution in [2.24, 2.45) is 5.92 Å². The second kappa shape index (κ2) is 1.74. The van der Waals surface area contributed by atoms with Crippen LogP contribution in [0, 0.1) is 5.92 Å². The third kappa shape index (κ3) is 0.690. The van der Waals surface area contributed by atoms with Crippen LogP contribution < -0.4 is 5.32 Å². The maximum absolute atomic E-state index is 10.1. The van der Waals surface area contributed by atoms with Crippen LogP contribution in [0.1, 0.15) is 6.92 Å². The molecule has 8 heavy (non-hydrogen) atoms. The van der Waals surface area contributed by atoms with Crippen molar-refractivity contribution in [3.63, 3.8) is 0 Å². The average molecular weight is 115 g/mol. The molecule has 1 rings (SSSR count). The molecule has 0 unspecified atom stereocenters. The van der Waals surface area contributed by atoms with Gasteiger partial charge in [-0.05, 0) is 5.92 Å². The zero-order valence-electron chi connectivity index (χ0n) is 4.72. The number of hydrogen-bond acceptors (Lipinski definition) is 2. The molecule has 1 aliphatic rings. The van der Waals surface area contributed by atoms with Gasteiger partial charge in [0.25, 0.3) is 0 Å². The van der Waals surface area contributed by atoms with Gasteiger partial charge in [-0.2, -0.15) is 0 Å². The van der Waals surface area contributed by atoms with E-state index in [0.717, 1.165) is 6.54 Å². The summed E-state index contributed by atoms with van der Waals surface area (Å²) in [4.78, 5) is 10.1. The summed E-state index contributed by atoms with van der Waals surface area (Å²) in [5, 5.41) is 11.1. The monoisotopic (exact) mass is 115 g/mol. The number of carbonyl (C=O) groups is 1. The van der Waals surface area contributed by atoms with Crippen molar-refractivity contribution in [2.45, 2.75) is 13.0 Å². The van der Waals surface area contributed by atoms with E-state index in [0.29, 0.717) is 5.92 Å². The van der Waals surface area contributed by atoms with Crippen LogP contribution in [0.4, 0.5) is 0 Å². The van der Waals surface area contributed by atoms with Crippen LogP contribution in [-0.2, 0) is 4.79 Å². The first-order valence-corrected chi connectivity index (χ1v) is 2.68. The highest BCUT2D eigenvalue weighted by molar-refractivity contribution is 5.74. The third-order valence-electron chi connectivity index (χ3n) is 1.49. The summed E-state index contributed by atoms with van der Waals surface area (Å²) < 4.78 is 0. The van der Waals surface area contributed by atoms with Crippen LogP contribution in [0.2, 0.25) is 0 Å². The van der Waals surface area contributed by atoms with Crippen LogP contribution in [0.25, 0.3) is 0 Å². The maximum Gasteiger partial charge on any atom is 0.321 e. The van der Waals surface area contributed by atoms with Crippen molar-refractivity contribution in [1.29, 1.82) is 0 Å². The topological polar surface area (TPSA) is 49.3 Å². The molecule has 3 nitrogen and oxygen atoms in total. The van der Waals surface area contributed by atoms with Crippen LogP contribution in [0.3, 0.4) is 0 Å². The standard InChI is InChI=1S/C5H9NO2/c1-3-2-6-4(3)5(7)8/h3-4,6H,2H2,1H3,(H,7,8)/t3-,4-/m1/s1. The molecule has 3 heteroatoms. The van der Waals surface area contributed by atoms with Crippen molar-refractivity contribution in [3.8, 4) is 0 Å². The van der Waals surface area contributed by atoms with E-state index in [1.54, 1.807) is 0 Å². The first-order chi connectivity index (χ1) is 3.72. The lowest BCUT2D eigenvalue weighted by atomic mass is 9.94. The molecule has 0 saturated carbocycles. The Morgan fingerprint density at radius 2 is 2.50 bits per heavy atom. The van der Waals surface area contributed by atoms with Gasteiger partial charge in [0.05, 0.1) is 0 Å². The highest BCUT2D eigenvalue weighted by Crippen LogP contribution is 2.10. The lowest BCUT2D eigenvalue weighted by Crippen LogP contribution is -2.55. The summed E-state index contributed by atoms with van der Waals surface area (Å²) in [5.41, 5.74) is 0. The van der Waals surface area contributed by atoms with Crippen molar-refractivity contribution in [1.82, 2.24) is 5.32 Å². The molecule has 2 atom stereocenters. The molecule has 0 amide bonds. The predicted molar refractivity (Wildman–Crippen MR) is 28.6 cm³/mol. The Labute approximate surface area is 47.7 Å². The van der Waals surface area contributed by atoms with Gasteiger partial charge in [0.2, 0.25) is 0 Å².